The van der Waals surface area contributed by atoms with Gasteiger partial charge in [-0.1, -0.05) is 129 Å². The maximum atomic E-state index is 9.70. The van der Waals surface area contributed by atoms with E-state index >= 15 is 0 Å². The second kappa shape index (κ2) is 10.8. The van der Waals surface area contributed by atoms with Crippen molar-refractivity contribution in [2.45, 2.75) is 19.3 Å². The summed E-state index contributed by atoms with van der Waals surface area (Å²) < 4.78 is 2.34. The van der Waals surface area contributed by atoms with E-state index in [9.17, 15) is 5.26 Å². The minimum atomic E-state index is -0.239. The monoisotopic (exact) mass is 676 g/mol. The Morgan fingerprint density at radius 1 is 0.547 bits per heavy atom. The first-order valence-electron chi connectivity index (χ1n) is 18.1. The van der Waals surface area contributed by atoms with Crippen LogP contribution in [0.5, 0.6) is 0 Å². The number of hydrogen-bond donors (Lipinski definition) is 0. The van der Waals surface area contributed by atoms with Crippen LogP contribution in [0.2, 0.25) is 0 Å². The number of rotatable bonds is 3. The predicted molar refractivity (Wildman–Crippen MR) is 217 cm³/mol. The number of para-hydroxylation sites is 3. The third-order valence-corrected chi connectivity index (χ3v) is 11.5. The van der Waals surface area contributed by atoms with Crippen molar-refractivity contribution >= 4 is 49.6 Å². The van der Waals surface area contributed by atoms with Crippen molar-refractivity contribution < 1.29 is 0 Å². The molecule has 1 aromatic heterocycles. The quantitative estimate of drug-likeness (QED) is 0.175. The Balaban J connectivity index is 1.20. The van der Waals surface area contributed by atoms with Crippen LogP contribution in [0.25, 0.3) is 71.9 Å². The zero-order valence-corrected chi connectivity index (χ0v) is 29.3. The van der Waals surface area contributed by atoms with Crippen LogP contribution in [0.3, 0.4) is 0 Å². The summed E-state index contributed by atoms with van der Waals surface area (Å²) >= 11 is 0. The lowest BCUT2D eigenvalue weighted by molar-refractivity contribution is 0.660. The molecule has 4 heteroatoms. The van der Waals surface area contributed by atoms with E-state index in [1.54, 1.807) is 0 Å². The lowest BCUT2D eigenvalue weighted by atomic mass is 9.80. The number of anilines is 3. The van der Waals surface area contributed by atoms with Crippen molar-refractivity contribution in [2.24, 2.45) is 0 Å². The molecule has 0 spiro atoms. The summed E-state index contributed by atoms with van der Waals surface area (Å²) in [5, 5.41) is 14.5. The standard InChI is InChI=1S/C49H32N4/c1-49(2)39-27-30(29-50)23-25-33(39)34-26-24-32(28-40(34)49)45-35-15-6-8-17-37(35)46(38-18-9-7-16-36(38)45)52-42-20-10-11-21-43(42)53-47-41(19-12-22-44(47)52)51-48(53)31-13-4-3-5-14-31/h3-28H,1-2H3. The molecule has 11 rings (SSSR count). The number of hydrogen-bond acceptors (Lipinski definition) is 3. The minimum absolute atomic E-state index is 0.239. The first-order valence-corrected chi connectivity index (χ1v) is 18.1. The first-order chi connectivity index (χ1) is 26.0. The highest BCUT2D eigenvalue weighted by Crippen LogP contribution is 2.55. The zero-order chi connectivity index (χ0) is 35.4. The summed E-state index contributed by atoms with van der Waals surface area (Å²) in [7, 11) is 0. The molecular formula is C49H32N4. The number of aromatic nitrogens is 2. The van der Waals surface area contributed by atoms with Gasteiger partial charge < -0.3 is 4.90 Å². The highest BCUT2D eigenvalue weighted by molar-refractivity contribution is 6.23. The van der Waals surface area contributed by atoms with Crippen LogP contribution in [0.1, 0.15) is 30.5 Å². The van der Waals surface area contributed by atoms with Gasteiger partial charge in [0.15, 0.2) is 0 Å². The Kier molecular flexibility index (Phi) is 6.05. The fraction of sp³-hybridized carbons (Fsp3) is 0.0612. The molecule has 2 aliphatic rings. The summed E-state index contributed by atoms with van der Waals surface area (Å²) in [5.41, 5.74) is 15.5. The van der Waals surface area contributed by atoms with Crippen LogP contribution < -0.4 is 4.90 Å². The molecule has 0 fully saturated rings. The molecule has 2 heterocycles. The summed E-state index contributed by atoms with van der Waals surface area (Å²) in [6, 6.07) is 58.9. The van der Waals surface area contributed by atoms with E-state index in [4.69, 9.17) is 4.98 Å². The smallest absolute Gasteiger partial charge is 0.145 e. The molecule has 53 heavy (non-hydrogen) atoms. The van der Waals surface area contributed by atoms with E-state index in [1.807, 2.05) is 6.07 Å². The zero-order valence-electron chi connectivity index (χ0n) is 29.3. The van der Waals surface area contributed by atoms with E-state index in [1.165, 1.54) is 54.9 Å². The highest BCUT2D eigenvalue weighted by Gasteiger charge is 2.37. The molecular weight excluding hydrogens is 645 g/mol. The maximum Gasteiger partial charge on any atom is 0.145 e. The van der Waals surface area contributed by atoms with Gasteiger partial charge in [0.2, 0.25) is 0 Å². The number of imidazole rings is 1. The molecule has 0 amide bonds. The average molecular weight is 677 g/mol. The third-order valence-electron chi connectivity index (χ3n) is 11.5. The third kappa shape index (κ3) is 4.02. The van der Waals surface area contributed by atoms with Gasteiger partial charge >= 0.3 is 0 Å². The number of benzene rings is 8. The van der Waals surface area contributed by atoms with E-state index in [2.05, 4.69) is 181 Å². The topological polar surface area (TPSA) is 44.9 Å². The molecule has 0 saturated carbocycles. The predicted octanol–water partition coefficient (Wildman–Crippen LogP) is 12.6. The van der Waals surface area contributed by atoms with Gasteiger partial charge in [-0.2, -0.15) is 5.26 Å². The number of nitriles is 1. The fourth-order valence-corrected chi connectivity index (χ4v) is 9.14. The van der Waals surface area contributed by atoms with E-state index in [0.717, 1.165) is 45.2 Å². The van der Waals surface area contributed by atoms with Gasteiger partial charge in [-0.3, -0.25) is 4.57 Å². The van der Waals surface area contributed by atoms with Crippen LogP contribution in [0.4, 0.5) is 17.1 Å². The molecule has 8 aromatic carbocycles. The molecule has 9 aromatic rings. The lowest BCUT2D eigenvalue weighted by Gasteiger charge is -2.35. The Hall–Kier alpha value is -6.96. The average Bonchev–Trinajstić information content (AvgIpc) is 3.71. The summed E-state index contributed by atoms with van der Waals surface area (Å²) in [5.74, 6) is 0.941. The van der Waals surface area contributed by atoms with Gasteiger partial charge in [-0.15, -0.1) is 0 Å². The summed E-state index contributed by atoms with van der Waals surface area (Å²) in [6.45, 7) is 4.56. The van der Waals surface area contributed by atoms with Gasteiger partial charge in [-0.05, 0) is 86.6 Å². The molecule has 0 atom stereocenters. The Morgan fingerprint density at radius 2 is 1.15 bits per heavy atom. The highest BCUT2D eigenvalue weighted by atomic mass is 15.2. The number of fused-ring (bicyclic) bond motifs is 7. The van der Waals surface area contributed by atoms with Crippen LogP contribution >= 0.6 is 0 Å². The first kappa shape index (κ1) is 29.7. The van der Waals surface area contributed by atoms with Crippen molar-refractivity contribution in [3.05, 3.63) is 174 Å². The van der Waals surface area contributed by atoms with Crippen molar-refractivity contribution in [3.63, 3.8) is 0 Å². The molecule has 0 unspecified atom stereocenters. The SMILES string of the molecule is CC1(C)c2cc(C#N)ccc2-c2ccc(-c3c4ccccc4c(N4c5ccccc5-n5c(-c6ccccc6)nc6cccc4c65)c4ccccc34)cc21. The van der Waals surface area contributed by atoms with Crippen molar-refractivity contribution in [2.75, 3.05) is 4.90 Å². The molecule has 1 aliphatic heterocycles. The van der Waals surface area contributed by atoms with Crippen LogP contribution in [-0.4, -0.2) is 9.55 Å². The van der Waals surface area contributed by atoms with Crippen molar-refractivity contribution in [3.8, 4) is 45.4 Å². The molecule has 1 aliphatic carbocycles. The van der Waals surface area contributed by atoms with E-state index in [-0.39, 0.29) is 5.41 Å². The van der Waals surface area contributed by atoms with Crippen molar-refractivity contribution in [1.82, 2.24) is 9.55 Å². The van der Waals surface area contributed by atoms with Crippen LogP contribution in [-0.2, 0) is 5.41 Å². The van der Waals surface area contributed by atoms with E-state index < -0.39 is 0 Å². The minimum Gasteiger partial charge on any atom is -0.305 e. The Labute approximate surface area is 307 Å². The second-order valence-electron chi connectivity index (χ2n) is 14.7. The molecule has 248 valence electrons. The Morgan fingerprint density at radius 3 is 1.87 bits per heavy atom. The van der Waals surface area contributed by atoms with E-state index in [0.29, 0.717) is 5.56 Å². The second-order valence-corrected chi connectivity index (χ2v) is 14.7. The van der Waals surface area contributed by atoms with Crippen LogP contribution in [0.15, 0.2) is 158 Å². The Bertz CT molecular complexity index is 2990. The molecule has 0 radical (unpaired) electrons. The summed E-state index contributed by atoms with van der Waals surface area (Å²) in [4.78, 5) is 7.72. The van der Waals surface area contributed by atoms with Gasteiger partial charge in [0.25, 0.3) is 0 Å². The number of nitrogens with zero attached hydrogens (tertiary/aromatic N) is 4. The maximum absolute atomic E-state index is 9.70. The van der Waals surface area contributed by atoms with Gasteiger partial charge in [0, 0.05) is 21.8 Å². The van der Waals surface area contributed by atoms with Gasteiger partial charge in [0.1, 0.15) is 5.82 Å². The molecule has 0 saturated heterocycles. The van der Waals surface area contributed by atoms with Gasteiger partial charge in [0.05, 0.1) is 45.4 Å². The normalized spacial score (nSPS) is 13.6. The van der Waals surface area contributed by atoms with Crippen molar-refractivity contribution in [1.29, 1.82) is 5.26 Å². The molecule has 0 bridgehead atoms. The largest absolute Gasteiger partial charge is 0.305 e. The van der Waals surface area contributed by atoms with Crippen LogP contribution in [0, 0.1) is 11.3 Å². The molecule has 4 nitrogen and oxygen atoms in total. The summed E-state index contributed by atoms with van der Waals surface area (Å²) in [6.07, 6.45) is 0. The lowest BCUT2D eigenvalue weighted by Crippen LogP contribution is -2.19. The molecule has 0 N–H and O–H groups in total. The fourth-order valence-electron chi connectivity index (χ4n) is 9.14. The van der Waals surface area contributed by atoms with Gasteiger partial charge in [-0.25, -0.2) is 4.98 Å².